The van der Waals surface area contributed by atoms with E-state index in [1.165, 1.54) is 23.3 Å². The Hall–Kier alpha value is -1.37. The fourth-order valence-electron chi connectivity index (χ4n) is 2.91. The summed E-state index contributed by atoms with van der Waals surface area (Å²) in [7, 11) is 0. The van der Waals surface area contributed by atoms with E-state index >= 15 is 0 Å². The first-order valence-corrected chi connectivity index (χ1v) is 10.8. The van der Waals surface area contributed by atoms with Gasteiger partial charge in [-0.25, -0.2) is 4.39 Å². The first kappa shape index (κ1) is 21.9. The molecule has 0 radical (unpaired) electrons. The lowest BCUT2D eigenvalue weighted by atomic mass is 9.87. The molecule has 2 rings (SSSR count). The number of carbonyl (C=O) groups excluding carboxylic acids is 1. The van der Waals surface area contributed by atoms with Crippen LogP contribution >= 0.6 is 23.3 Å². The van der Waals surface area contributed by atoms with Crippen molar-refractivity contribution in [1.29, 1.82) is 0 Å². The molecule has 0 unspecified atom stereocenters. The molecule has 0 saturated carbocycles. The Labute approximate surface area is 169 Å². The highest BCUT2D eigenvalue weighted by molar-refractivity contribution is 7.99. The van der Waals surface area contributed by atoms with Gasteiger partial charge in [0.15, 0.2) is 0 Å². The molecule has 148 valence electrons. The number of carbonyl (C=O) groups is 1. The lowest BCUT2D eigenvalue weighted by Gasteiger charge is -2.19. The van der Waals surface area contributed by atoms with Gasteiger partial charge in [-0.1, -0.05) is 27.7 Å². The molecular weight excluding hydrogens is 381 g/mol. The maximum atomic E-state index is 14.0. The van der Waals surface area contributed by atoms with Crippen molar-refractivity contribution in [1.82, 2.24) is 4.72 Å². The summed E-state index contributed by atoms with van der Waals surface area (Å²) >= 11 is 2.73. The summed E-state index contributed by atoms with van der Waals surface area (Å²) in [5, 5.41) is 11.9. The lowest BCUT2D eigenvalue weighted by Crippen LogP contribution is -2.20. The number of aliphatic hydroxyl groups is 1. The van der Waals surface area contributed by atoms with Gasteiger partial charge < -0.3 is 5.11 Å². The van der Waals surface area contributed by atoms with Gasteiger partial charge in [-0.05, 0) is 83.5 Å². The SMILES string of the molecule is CC(C)c1cc(F)cc(C(C)C)c1CC(=O)NSc1cc(C(C)(C)O)cs1. The first-order chi connectivity index (χ1) is 12.5. The fraction of sp³-hybridized carbons (Fsp3) is 0.476. The highest BCUT2D eigenvalue weighted by Gasteiger charge is 2.20. The van der Waals surface area contributed by atoms with Gasteiger partial charge in [-0.2, -0.15) is 0 Å². The van der Waals surface area contributed by atoms with Crippen molar-refractivity contribution in [3.63, 3.8) is 0 Å². The number of amides is 1. The zero-order valence-electron chi connectivity index (χ0n) is 16.7. The lowest BCUT2D eigenvalue weighted by molar-refractivity contribution is -0.118. The normalized spacial score (nSPS) is 12.1. The Morgan fingerprint density at radius 1 is 1.19 bits per heavy atom. The largest absolute Gasteiger partial charge is 0.386 e. The number of benzene rings is 1. The molecule has 1 aromatic heterocycles. The summed E-state index contributed by atoms with van der Waals surface area (Å²) in [5.74, 6) is -0.0899. The van der Waals surface area contributed by atoms with E-state index in [0.717, 1.165) is 26.5 Å². The van der Waals surface area contributed by atoms with Crippen molar-refractivity contribution < 1.29 is 14.3 Å². The van der Waals surface area contributed by atoms with Gasteiger partial charge in [0.2, 0.25) is 5.91 Å². The first-order valence-electron chi connectivity index (χ1n) is 9.08. The Balaban J connectivity index is 2.14. The van der Waals surface area contributed by atoms with Crippen molar-refractivity contribution in [2.75, 3.05) is 0 Å². The van der Waals surface area contributed by atoms with Crippen molar-refractivity contribution >= 4 is 29.2 Å². The minimum atomic E-state index is -0.897. The predicted molar refractivity (Wildman–Crippen MR) is 112 cm³/mol. The smallest absolute Gasteiger partial charge is 0.234 e. The van der Waals surface area contributed by atoms with Gasteiger partial charge >= 0.3 is 0 Å². The Bertz CT molecular complexity index is 778. The van der Waals surface area contributed by atoms with E-state index in [0.29, 0.717) is 0 Å². The van der Waals surface area contributed by atoms with Crippen LogP contribution in [0.4, 0.5) is 4.39 Å². The number of thiophene rings is 1. The molecule has 0 saturated heterocycles. The third-order valence-electron chi connectivity index (χ3n) is 4.41. The van der Waals surface area contributed by atoms with E-state index in [1.54, 1.807) is 26.0 Å². The number of rotatable bonds is 7. The van der Waals surface area contributed by atoms with E-state index in [1.807, 2.05) is 39.1 Å². The Kier molecular flexibility index (Phi) is 7.11. The molecule has 0 aliphatic heterocycles. The molecule has 2 aromatic rings. The second kappa shape index (κ2) is 8.76. The fourth-order valence-corrected chi connectivity index (χ4v) is 4.64. The van der Waals surface area contributed by atoms with E-state index in [4.69, 9.17) is 0 Å². The van der Waals surface area contributed by atoms with Crippen LogP contribution in [0.25, 0.3) is 0 Å². The van der Waals surface area contributed by atoms with Crippen molar-refractivity contribution in [3.05, 3.63) is 51.7 Å². The van der Waals surface area contributed by atoms with Crippen molar-refractivity contribution in [2.45, 2.75) is 69.6 Å². The molecule has 3 nitrogen and oxygen atoms in total. The Morgan fingerprint density at radius 2 is 1.74 bits per heavy atom. The average Bonchev–Trinajstić information content (AvgIpc) is 3.03. The van der Waals surface area contributed by atoms with Crippen LogP contribution in [0.1, 0.15) is 75.6 Å². The molecule has 1 aromatic carbocycles. The van der Waals surface area contributed by atoms with Gasteiger partial charge in [0.25, 0.3) is 0 Å². The van der Waals surface area contributed by atoms with Crippen molar-refractivity contribution in [2.24, 2.45) is 0 Å². The predicted octanol–water partition coefficient (Wildman–Crippen LogP) is 5.73. The van der Waals surface area contributed by atoms with Crippen molar-refractivity contribution in [3.8, 4) is 0 Å². The van der Waals surface area contributed by atoms with Crippen LogP contribution in [0.5, 0.6) is 0 Å². The number of hydrogen-bond acceptors (Lipinski definition) is 4. The summed E-state index contributed by atoms with van der Waals surface area (Å²) in [5.41, 5.74) is 2.62. The maximum absolute atomic E-state index is 14.0. The molecule has 0 spiro atoms. The zero-order valence-corrected chi connectivity index (χ0v) is 18.4. The molecular formula is C21H28FNO2S2. The van der Waals surface area contributed by atoms with Gasteiger partial charge in [0.1, 0.15) is 5.82 Å². The van der Waals surface area contributed by atoms with E-state index in [2.05, 4.69) is 4.72 Å². The second-order valence-corrected chi connectivity index (χ2v) is 9.91. The summed E-state index contributed by atoms with van der Waals surface area (Å²) in [6.45, 7) is 11.5. The minimum absolute atomic E-state index is 0.117. The maximum Gasteiger partial charge on any atom is 0.234 e. The van der Waals surface area contributed by atoms with E-state index < -0.39 is 5.60 Å². The van der Waals surface area contributed by atoms with Crippen LogP contribution in [-0.4, -0.2) is 11.0 Å². The van der Waals surface area contributed by atoms with Crippen LogP contribution in [0.3, 0.4) is 0 Å². The number of hydrogen-bond donors (Lipinski definition) is 2. The molecule has 2 N–H and O–H groups in total. The van der Waals surface area contributed by atoms with Gasteiger partial charge in [0.05, 0.1) is 16.2 Å². The third kappa shape index (κ3) is 5.80. The minimum Gasteiger partial charge on any atom is -0.386 e. The molecule has 0 fully saturated rings. The summed E-state index contributed by atoms with van der Waals surface area (Å²) < 4.78 is 17.8. The molecule has 0 atom stereocenters. The van der Waals surface area contributed by atoms with Crippen LogP contribution in [0.15, 0.2) is 27.8 Å². The summed E-state index contributed by atoms with van der Waals surface area (Å²) in [4.78, 5) is 12.6. The summed E-state index contributed by atoms with van der Waals surface area (Å²) in [6.07, 6.45) is 0.220. The van der Waals surface area contributed by atoms with E-state index in [-0.39, 0.29) is 30.0 Å². The second-order valence-electron chi connectivity index (χ2n) is 7.89. The van der Waals surface area contributed by atoms with E-state index in [9.17, 15) is 14.3 Å². The zero-order chi connectivity index (χ0) is 20.4. The van der Waals surface area contributed by atoms with Crippen LogP contribution < -0.4 is 4.72 Å². The molecule has 27 heavy (non-hydrogen) atoms. The number of nitrogens with one attached hydrogen (secondary N) is 1. The van der Waals surface area contributed by atoms with Gasteiger partial charge in [-0.15, -0.1) is 11.3 Å². The van der Waals surface area contributed by atoms with Crippen LogP contribution in [-0.2, 0) is 16.8 Å². The van der Waals surface area contributed by atoms with Gasteiger partial charge in [0, 0.05) is 0 Å². The standard InChI is InChI=1S/C21H28FNO2S2/c1-12(2)16-8-15(22)9-17(13(3)4)18(16)10-19(24)23-27-20-7-14(11-26-20)21(5,6)25/h7-9,11-13,25H,10H2,1-6H3,(H,23,24). The topological polar surface area (TPSA) is 49.3 Å². The number of halogens is 1. The third-order valence-corrected chi connectivity index (χ3v) is 6.32. The van der Waals surface area contributed by atoms with Crippen LogP contribution in [0, 0.1) is 5.82 Å². The molecule has 0 aliphatic carbocycles. The molecule has 1 heterocycles. The monoisotopic (exact) mass is 409 g/mol. The van der Waals surface area contributed by atoms with Crippen LogP contribution in [0.2, 0.25) is 0 Å². The molecule has 6 heteroatoms. The molecule has 0 bridgehead atoms. The highest BCUT2D eigenvalue weighted by Crippen LogP contribution is 2.32. The Morgan fingerprint density at radius 3 is 2.19 bits per heavy atom. The average molecular weight is 410 g/mol. The molecule has 1 amide bonds. The van der Waals surface area contributed by atoms with Gasteiger partial charge in [-0.3, -0.25) is 9.52 Å². The summed E-state index contributed by atoms with van der Waals surface area (Å²) in [6, 6.07) is 4.97. The highest BCUT2D eigenvalue weighted by atomic mass is 32.2. The quantitative estimate of drug-likeness (QED) is 0.574. The molecule has 0 aliphatic rings.